The van der Waals surface area contributed by atoms with E-state index in [-0.39, 0.29) is 17.6 Å². The highest BCUT2D eigenvalue weighted by Crippen LogP contribution is 2.29. The third-order valence-electron chi connectivity index (χ3n) is 5.39. The lowest BCUT2D eigenvalue weighted by atomic mass is 10.1. The minimum Gasteiger partial charge on any atom is -0.497 e. The van der Waals surface area contributed by atoms with Gasteiger partial charge in [-0.15, -0.1) is 0 Å². The molecule has 1 heterocycles. The Balaban J connectivity index is 1.54. The van der Waals surface area contributed by atoms with Crippen LogP contribution in [0.1, 0.15) is 16.7 Å². The molecule has 34 heavy (non-hydrogen) atoms. The number of amides is 2. The summed E-state index contributed by atoms with van der Waals surface area (Å²) in [5.41, 5.74) is 4.87. The van der Waals surface area contributed by atoms with Crippen LogP contribution in [-0.2, 0) is 9.59 Å². The van der Waals surface area contributed by atoms with Crippen molar-refractivity contribution in [2.45, 2.75) is 13.8 Å². The molecule has 172 valence electrons. The molecule has 0 radical (unpaired) electrons. The zero-order valence-electron chi connectivity index (χ0n) is 19.2. The first-order chi connectivity index (χ1) is 16.4. The number of methoxy groups -OCH3 is 1. The number of thioether (sulfide) groups is 1. The van der Waals surface area contributed by atoms with Crippen molar-refractivity contribution < 1.29 is 14.3 Å². The number of nitrogens with zero attached hydrogens (tertiary/aromatic N) is 2. The minimum atomic E-state index is -0.237. The van der Waals surface area contributed by atoms with Crippen LogP contribution in [-0.4, -0.2) is 29.8 Å². The molecule has 4 rings (SSSR count). The van der Waals surface area contributed by atoms with Crippen molar-refractivity contribution in [3.05, 3.63) is 95.2 Å². The molecule has 3 aromatic rings. The fraction of sp³-hybridized carbons (Fsp3) is 0.148. The van der Waals surface area contributed by atoms with Crippen molar-refractivity contribution in [3.8, 4) is 5.75 Å². The van der Waals surface area contributed by atoms with Crippen LogP contribution >= 0.6 is 11.8 Å². The molecule has 1 aliphatic heterocycles. The second-order valence-electron chi connectivity index (χ2n) is 7.81. The van der Waals surface area contributed by atoms with Crippen LogP contribution in [0, 0.1) is 13.8 Å². The number of carbonyl (C=O) groups excluding carboxylic acids is 2. The van der Waals surface area contributed by atoms with Crippen molar-refractivity contribution in [3.63, 3.8) is 0 Å². The highest BCUT2D eigenvalue weighted by atomic mass is 32.2. The average Bonchev–Trinajstić information content (AvgIpc) is 3.16. The van der Waals surface area contributed by atoms with E-state index >= 15 is 0 Å². The Morgan fingerprint density at radius 1 is 1.03 bits per heavy atom. The Morgan fingerprint density at radius 3 is 2.44 bits per heavy atom. The molecule has 0 saturated heterocycles. The molecule has 0 fully saturated rings. The summed E-state index contributed by atoms with van der Waals surface area (Å²) in [5, 5.41) is 3.38. The molecule has 7 heteroatoms. The fourth-order valence-electron chi connectivity index (χ4n) is 3.40. The van der Waals surface area contributed by atoms with E-state index in [1.165, 1.54) is 17.3 Å². The number of benzene rings is 3. The molecule has 0 unspecified atom stereocenters. The Morgan fingerprint density at radius 2 is 1.76 bits per heavy atom. The first kappa shape index (κ1) is 23.3. The van der Waals surface area contributed by atoms with Gasteiger partial charge in [0.2, 0.25) is 5.91 Å². The van der Waals surface area contributed by atoms with Crippen molar-refractivity contribution in [1.82, 2.24) is 0 Å². The zero-order valence-corrected chi connectivity index (χ0v) is 20.1. The van der Waals surface area contributed by atoms with E-state index < -0.39 is 0 Å². The van der Waals surface area contributed by atoms with Crippen LogP contribution in [0.15, 0.2) is 83.5 Å². The Kier molecular flexibility index (Phi) is 7.13. The number of carbonyl (C=O) groups is 2. The third kappa shape index (κ3) is 5.38. The van der Waals surface area contributed by atoms with Gasteiger partial charge in [-0.2, -0.15) is 0 Å². The average molecular weight is 472 g/mol. The largest absolute Gasteiger partial charge is 0.497 e. The summed E-state index contributed by atoms with van der Waals surface area (Å²) in [6.07, 6.45) is 1.74. The van der Waals surface area contributed by atoms with Crippen LogP contribution in [0.2, 0.25) is 0 Å². The molecular weight excluding hydrogens is 446 g/mol. The molecule has 0 aliphatic carbocycles. The molecule has 0 saturated carbocycles. The van der Waals surface area contributed by atoms with Crippen molar-refractivity contribution in [1.29, 1.82) is 0 Å². The standard InChI is InChI=1S/C27H25N3O3S/c1-18-9-12-21(15-19(18)2)28-25(31)17-34-27-29-24(16-20-10-13-23(33-3)14-11-20)26(32)30(27)22-7-5-4-6-8-22/h4-16H,17H2,1-3H3,(H,28,31)/b24-16-. The summed E-state index contributed by atoms with van der Waals surface area (Å²) < 4.78 is 5.20. The van der Waals surface area contributed by atoms with Gasteiger partial charge in [0, 0.05) is 5.69 Å². The summed E-state index contributed by atoms with van der Waals surface area (Å²) >= 11 is 1.23. The molecule has 2 amide bonds. The first-order valence-electron chi connectivity index (χ1n) is 10.8. The number of rotatable bonds is 6. The van der Waals surface area contributed by atoms with E-state index in [1.807, 2.05) is 86.6 Å². The SMILES string of the molecule is COc1ccc(/C=C2\N=C(SCC(=O)Nc3ccc(C)c(C)c3)N(c3ccccc3)C2=O)cc1. The highest BCUT2D eigenvalue weighted by Gasteiger charge is 2.32. The van der Waals surface area contributed by atoms with E-state index in [0.717, 1.165) is 22.6 Å². The molecule has 1 aliphatic rings. The van der Waals surface area contributed by atoms with Gasteiger partial charge in [0.05, 0.1) is 18.6 Å². The van der Waals surface area contributed by atoms with Crippen LogP contribution < -0.4 is 15.0 Å². The van der Waals surface area contributed by atoms with E-state index in [4.69, 9.17) is 4.74 Å². The van der Waals surface area contributed by atoms with Gasteiger partial charge in [-0.3, -0.25) is 14.5 Å². The molecule has 1 N–H and O–H groups in total. The molecule has 0 spiro atoms. The van der Waals surface area contributed by atoms with Crippen LogP contribution in [0.4, 0.5) is 11.4 Å². The Labute approximate surface area is 203 Å². The van der Waals surface area contributed by atoms with Gasteiger partial charge in [0.15, 0.2) is 5.17 Å². The number of nitrogens with one attached hydrogen (secondary N) is 1. The van der Waals surface area contributed by atoms with Crippen LogP contribution in [0.5, 0.6) is 5.75 Å². The maximum absolute atomic E-state index is 13.3. The number of ether oxygens (including phenoxy) is 1. The third-order valence-corrected chi connectivity index (χ3v) is 6.32. The van der Waals surface area contributed by atoms with Gasteiger partial charge in [-0.1, -0.05) is 48.2 Å². The van der Waals surface area contributed by atoms with Gasteiger partial charge in [-0.25, -0.2) is 4.99 Å². The van der Waals surface area contributed by atoms with Gasteiger partial charge < -0.3 is 10.1 Å². The maximum Gasteiger partial charge on any atom is 0.283 e. The zero-order chi connectivity index (χ0) is 24.1. The molecule has 0 atom stereocenters. The lowest BCUT2D eigenvalue weighted by Gasteiger charge is -2.17. The first-order valence-corrected chi connectivity index (χ1v) is 11.8. The van der Waals surface area contributed by atoms with Crippen LogP contribution in [0.25, 0.3) is 6.08 Å². The van der Waals surface area contributed by atoms with Crippen molar-refractivity contribution in [2.24, 2.45) is 4.99 Å². The van der Waals surface area contributed by atoms with Crippen molar-refractivity contribution in [2.75, 3.05) is 23.1 Å². The smallest absolute Gasteiger partial charge is 0.283 e. The summed E-state index contributed by atoms with van der Waals surface area (Å²) in [4.78, 5) is 32.0. The normalized spacial score (nSPS) is 14.3. The van der Waals surface area contributed by atoms with E-state index in [9.17, 15) is 9.59 Å². The summed E-state index contributed by atoms with van der Waals surface area (Å²) in [7, 11) is 1.61. The molecule has 0 aromatic heterocycles. The number of anilines is 2. The fourth-order valence-corrected chi connectivity index (χ4v) is 4.21. The highest BCUT2D eigenvalue weighted by molar-refractivity contribution is 8.14. The number of para-hydroxylation sites is 1. The second kappa shape index (κ2) is 10.4. The van der Waals surface area contributed by atoms with Crippen LogP contribution in [0.3, 0.4) is 0 Å². The minimum absolute atomic E-state index is 0.123. The summed E-state index contributed by atoms with van der Waals surface area (Å²) in [5.74, 6) is 0.460. The molecule has 0 bridgehead atoms. The van der Waals surface area contributed by atoms with Gasteiger partial charge >= 0.3 is 0 Å². The maximum atomic E-state index is 13.3. The lowest BCUT2D eigenvalue weighted by molar-refractivity contribution is -0.114. The predicted octanol–water partition coefficient (Wildman–Crippen LogP) is 5.43. The lowest BCUT2D eigenvalue weighted by Crippen LogP contribution is -2.31. The number of hydrogen-bond donors (Lipinski definition) is 1. The van der Waals surface area contributed by atoms with E-state index in [2.05, 4.69) is 10.3 Å². The second-order valence-corrected chi connectivity index (χ2v) is 8.75. The molecular formula is C27H25N3O3S. The topological polar surface area (TPSA) is 71.0 Å². The van der Waals surface area contributed by atoms with E-state index in [0.29, 0.717) is 16.6 Å². The number of aryl methyl sites for hydroxylation is 2. The molecule has 3 aromatic carbocycles. The van der Waals surface area contributed by atoms with Gasteiger partial charge in [-0.05, 0) is 73.0 Å². The number of hydrogen-bond acceptors (Lipinski definition) is 5. The Bertz CT molecular complexity index is 1270. The predicted molar refractivity (Wildman–Crippen MR) is 139 cm³/mol. The monoisotopic (exact) mass is 471 g/mol. The summed E-state index contributed by atoms with van der Waals surface area (Å²) in [6, 6.07) is 22.5. The quantitative estimate of drug-likeness (QED) is 0.487. The van der Waals surface area contributed by atoms with Crippen molar-refractivity contribution >= 4 is 46.2 Å². The molecule has 6 nitrogen and oxygen atoms in total. The van der Waals surface area contributed by atoms with Gasteiger partial charge in [0.25, 0.3) is 5.91 Å². The van der Waals surface area contributed by atoms with E-state index in [1.54, 1.807) is 18.1 Å². The van der Waals surface area contributed by atoms with Gasteiger partial charge in [0.1, 0.15) is 11.4 Å². The Hall–Kier alpha value is -3.84. The summed E-state index contributed by atoms with van der Waals surface area (Å²) in [6.45, 7) is 4.04. The number of amidine groups is 1. The number of aliphatic imine (C=N–C) groups is 1.